The van der Waals surface area contributed by atoms with Gasteiger partial charge in [-0.15, -0.1) is 0 Å². The molecule has 20 heavy (non-hydrogen) atoms. The highest BCUT2D eigenvalue weighted by molar-refractivity contribution is 7.92. The molecule has 0 aliphatic rings. The molecule has 0 amide bonds. The molecule has 0 bridgehead atoms. The van der Waals surface area contributed by atoms with E-state index in [4.69, 9.17) is 0 Å². The molecule has 2 aromatic rings. The lowest BCUT2D eigenvalue weighted by Gasteiger charge is -2.11. The van der Waals surface area contributed by atoms with Crippen molar-refractivity contribution in [2.75, 3.05) is 4.72 Å². The average Bonchev–Trinajstić information content (AvgIpc) is 2.36. The van der Waals surface area contributed by atoms with Gasteiger partial charge in [-0.2, -0.15) is 0 Å². The molecule has 0 aliphatic heterocycles. The largest absolute Gasteiger partial charge is 0.504 e. The predicted molar refractivity (Wildman–Crippen MR) is 77.4 cm³/mol. The normalized spacial score (nSPS) is 11.3. The minimum Gasteiger partial charge on any atom is -0.504 e. The Morgan fingerprint density at radius 3 is 2.50 bits per heavy atom. The SMILES string of the molecule is Cc1ccc(C)c(S(=O)(=O)Nc2nc(C)ccc2O)c1. The van der Waals surface area contributed by atoms with Gasteiger partial charge in [-0.1, -0.05) is 12.1 Å². The molecule has 0 aliphatic carbocycles. The van der Waals surface area contributed by atoms with Gasteiger partial charge in [-0.3, -0.25) is 4.72 Å². The quantitative estimate of drug-likeness (QED) is 0.911. The highest BCUT2D eigenvalue weighted by Gasteiger charge is 2.19. The molecule has 106 valence electrons. The van der Waals surface area contributed by atoms with Crippen molar-refractivity contribution in [2.45, 2.75) is 25.7 Å². The van der Waals surface area contributed by atoms with Crippen LogP contribution in [0.3, 0.4) is 0 Å². The molecular weight excluding hydrogens is 276 g/mol. The lowest BCUT2D eigenvalue weighted by Crippen LogP contribution is -2.15. The maximum absolute atomic E-state index is 12.4. The number of nitrogens with zero attached hydrogens (tertiary/aromatic N) is 1. The molecule has 0 fully saturated rings. The highest BCUT2D eigenvalue weighted by Crippen LogP contribution is 2.25. The van der Waals surface area contributed by atoms with E-state index in [0.717, 1.165) is 5.56 Å². The van der Waals surface area contributed by atoms with Crippen LogP contribution in [0.2, 0.25) is 0 Å². The number of sulfonamides is 1. The van der Waals surface area contributed by atoms with Crippen LogP contribution in [0.1, 0.15) is 16.8 Å². The van der Waals surface area contributed by atoms with E-state index in [1.165, 1.54) is 6.07 Å². The van der Waals surface area contributed by atoms with E-state index in [2.05, 4.69) is 9.71 Å². The zero-order chi connectivity index (χ0) is 14.9. The van der Waals surface area contributed by atoms with Crippen molar-refractivity contribution in [3.63, 3.8) is 0 Å². The number of anilines is 1. The maximum Gasteiger partial charge on any atom is 0.263 e. The fourth-order valence-electron chi connectivity index (χ4n) is 1.80. The first-order valence-electron chi connectivity index (χ1n) is 6.06. The third-order valence-corrected chi connectivity index (χ3v) is 4.36. The first kappa shape index (κ1) is 14.3. The van der Waals surface area contributed by atoms with Crippen molar-refractivity contribution >= 4 is 15.8 Å². The van der Waals surface area contributed by atoms with Crippen molar-refractivity contribution in [1.82, 2.24) is 4.98 Å². The molecule has 0 atom stereocenters. The Hall–Kier alpha value is -2.08. The number of aryl methyl sites for hydroxylation is 3. The molecule has 0 unspecified atom stereocenters. The van der Waals surface area contributed by atoms with Crippen LogP contribution < -0.4 is 4.72 Å². The molecule has 6 heteroatoms. The zero-order valence-corrected chi connectivity index (χ0v) is 12.3. The number of nitrogens with one attached hydrogen (secondary N) is 1. The van der Waals surface area contributed by atoms with Crippen molar-refractivity contribution < 1.29 is 13.5 Å². The molecule has 0 saturated carbocycles. The Kier molecular flexibility index (Phi) is 3.67. The number of benzene rings is 1. The van der Waals surface area contributed by atoms with E-state index in [9.17, 15) is 13.5 Å². The third kappa shape index (κ3) is 2.91. The summed E-state index contributed by atoms with van der Waals surface area (Å²) in [6.45, 7) is 5.26. The molecule has 0 radical (unpaired) electrons. The lowest BCUT2D eigenvalue weighted by molar-refractivity contribution is 0.475. The van der Waals surface area contributed by atoms with Gasteiger partial charge in [0.25, 0.3) is 10.0 Å². The summed E-state index contributed by atoms with van der Waals surface area (Å²) in [4.78, 5) is 4.18. The number of hydrogen-bond donors (Lipinski definition) is 2. The fraction of sp³-hybridized carbons (Fsp3) is 0.214. The molecule has 5 nitrogen and oxygen atoms in total. The summed E-state index contributed by atoms with van der Waals surface area (Å²) in [5, 5.41) is 9.68. The van der Waals surface area contributed by atoms with Gasteiger partial charge in [0.15, 0.2) is 11.6 Å². The van der Waals surface area contributed by atoms with Crippen LogP contribution in [-0.2, 0) is 10.0 Å². The molecular formula is C14H16N2O3S. The van der Waals surface area contributed by atoms with Gasteiger partial charge in [0, 0.05) is 5.69 Å². The summed E-state index contributed by atoms with van der Waals surface area (Å²) in [5.41, 5.74) is 2.09. The van der Waals surface area contributed by atoms with E-state index in [-0.39, 0.29) is 16.5 Å². The summed E-state index contributed by atoms with van der Waals surface area (Å²) in [5.74, 6) is -0.268. The van der Waals surface area contributed by atoms with Crippen LogP contribution >= 0.6 is 0 Å². The van der Waals surface area contributed by atoms with Crippen LogP contribution in [0.5, 0.6) is 5.75 Å². The smallest absolute Gasteiger partial charge is 0.263 e. The molecule has 1 aromatic carbocycles. The summed E-state index contributed by atoms with van der Waals surface area (Å²) >= 11 is 0. The van der Waals surface area contributed by atoms with Gasteiger partial charge in [-0.05, 0) is 50.1 Å². The topological polar surface area (TPSA) is 79.3 Å². The van der Waals surface area contributed by atoms with Gasteiger partial charge in [0.2, 0.25) is 0 Å². The monoisotopic (exact) mass is 292 g/mol. The number of pyridine rings is 1. The molecule has 1 aromatic heterocycles. The van der Waals surface area contributed by atoms with Gasteiger partial charge < -0.3 is 5.11 Å². The Morgan fingerprint density at radius 1 is 1.10 bits per heavy atom. The highest BCUT2D eigenvalue weighted by atomic mass is 32.2. The van der Waals surface area contributed by atoms with Crippen LogP contribution in [0.15, 0.2) is 35.2 Å². The maximum atomic E-state index is 12.4. The Balaban J connectivity index is 2.46. The van der Waals surface area contributed by atoms with Crippen molar-refractivity contribution in [3.05, 3.63) is 47.2 Å². The lowest BCUT2D eigenvalue weighted by atomic mass is 10.2. The third-order valence-electron chi connectivity index (χ3n) is 2.88. The van der Waals surface area contributed by atoms with Crippen LogP contribution in [0, 0.1) is 20.8 Å². The van der Waals surface area contributed by atoms with E-state index in [1.807, 2.05) is 13.0 Å². The second-order valence-electron chi connectivity index (χ2n) is 4.69. The first-order chi connectivity index (χ1) is 9.29. The summed E-state index contributed by atoms with van der Waals surface area (Å²) in [6, 6.07) is 8.18. The predicted octanol–water partition coefficient (Wildman–Crippen LogP) is 2.51. The fourth-order valence-corrected chi connectivity index (χ4v) is 3.15. The summed E-state index contributed by atoms with van der Waals surface area (Å²) < 4.78 is 27.1. The van der Waals surface area contributed by atoms with E-state index in [1.54, 1.807) is 32.0 Å². The number of aromatic nitrogens is 1. The second-order valence-corrected chi connectivity index (χ2v) is 6.35. The molecule has 2 N–H and O–H groups in total. The second kappa shape index (κ2) is 5.13. The van der Waals surface area contributed by atoms with E-state index < -0.39 is 10.0 Å². The first-order valence-corrected chi connectivity index (χ1v) is 7.54. The standard InChI is InChI=1S/C14H16N2O3S/c1-9-4-5-10(2)13(8-9)20(18,19)16-14-12(17)7-6-11(3)15-14/h4-8,17H,1-3H3,(H,15,16). The van der Waals surface area contributed by atoms with Crippen LogP contribution in [0.25, 0.3) is 0 Å². The Bertz CT molecular complexity index is 755. The molecule has 0 saturated heterocycles. The Labute approximate surface area is 118 Å². The van der Waals surface area contributed by atoms with Gasteiger partial charge in [-0.25, -0.2) is 13.4 Å². The van der Waals surface area contributed by atoms with E-state index in [0.29, 0.717) is 11.3 Å². The molecule has 2 rings (SSSR count). The summed E-state index contributed by atoms with van der Waals surface area (Å²) in [7, 11) is -3.78. The number of aromatic hydroxyl groups is 1. The average molecular weight is 292 g/mol. The minimum absolute atomic E-state index is 0.0640. The zero-order valence-electron chi connectivity index (χ0n) is 11.5. The molecule has 1 heterocycles. The van der Waals surface area contributed by atoms with Crippen LogP contribution in [-0.4, -0.2) is 18.5 Å². The van der Waals surface area contributed by atoms with E-state index >= 15 is 0 Å². The van der Waals surface area contributed by atoms with Gasteiger partial charge >= 0.3 is 0 Å². The van der Waals surface area contributed by atoms with Crippen LogP contribution in [0.4, 0.5) is 5.82 Å². The van der Waals surface area contributed by atoms with Gasteiger partial charge in [0.05, 0.1) is 4.90 Å². The summed E-state index contributed by atoms with van der Waals surface area (Å²) in [6.07, 6.45) is 0. The molecule has 0 spiro atoms. The minimum atomic E-state index is -3.78. The van der Waals surface area contributed by atoms with Crippen molar-refractivity contribution in [1.29, 1.82) is 0 Å². The number of rotatable bonds is 3. The Morgan fingerprint density at radius 2 is 1.80 bits per heavy atom. The number of hydrogen-bond acceptors (Lipinski definition) is 4. The van der Waals surface area contributed by atoms with Crippen molar-refractivity contribution in [3.8, 4) is 5.75 Å². The van der Waals surface area contributed by atoms with Gasteiger partial charge in [0.1, 0.15) is 0 Å². The van der Waals surface area contributed by atoms with Crippen molar-refractivity contribution in [2.24, 2.45) is 0 Å².